The topological polar surface area (TPSA) is 60.2 Å². The van der Waals surface area contributed by atoms with Crippen LogP contribution in [0.3, 0.4) is 0 Å². The highest BCUT2D eigenvalue weighted by Crippen LogP contribution is 2.29. The number of carbonyl (C=O) groups excluding carboxylic acids is 1. The molecule has 0 aliphatic carbocycles. The van der Waals surface area contributed by atoms with Gasteiger partial charge in [-0.05, 0) is 30.7 Å². The Bertz CT molecular complexity index is 1040. The van der Waals surface area contributed by atoms with Crippen LogP contribution in [0.2, 0.25) is 0 Å². The van der Waals surface area contributed by atoms with Gasteiger partial charge in [0, 0.05) is 34.8 Å². The Morgan fingerprint density at radius 2 is 1.92 bits per heavy atom. The lowest BCUT2D eigenvalue weighted by Crippen LogP contribution is -1.99. The van der Waals surface area contributed by atoms with E-state index in [4.69, 9.17) is 0 Å². The van der Waals surface area contributed by atoms with Crippen molar-refractivity contribution in [2.24, 2.45) is 0 Å². The molecule has 0 radical (unpaired) electrons. The number of fused-ring (bicyclic) bond motifs is 1. The third-order valence-electron chi connectivity index (χ3n) is 3.94. The zero-order valence-electron chi connectivity index (χ0n) is 13.0. The summed E-state index contributed by atoms with van der Waals surface area (Å²) in [6.45, 7) is 1.95. The lowest BCUT2D eigenvalue weighted by atomic mass is 10.0. The Kier molecular flexibility index (Phi) is 3.39. The molecule has 24 heavy (non-hydrogen) atoms. The Morgan fingerprint density at radius 3 is 2.71 bits per heavy atom. The Balaban J connectivity index is 2.01. The summed E-state index contributed by atoms with van der Waals surface area (Å²) in [5.41, 5.74) is 5.78. The fraction of sp³-hybridized carbons (Fsp3) is 0.0526. The molecule has 0 aliphatic rings. The van der Waals surface area contributed by atoms with E-state index in [1.54, 1.807) is 29.2 Å². The quantitative estimate of drug-likeness (QED) is 0.542. The summed E-state index contributed by atoms with van der Waals surface area (Å²) in [7, 11) is 0. The van der Waals surface area contributed by atoms with Gasteiger partial charge in [-0.1, -0.05) is 24.3 Å². The number of pyridine rings is 1. The van der Waals surface area contributed by atoms with Crippen LogP contribution in [0.25, 0.3) is 28.0 Å². The molecule has 0 saturated heterocycles. The summed E-state index contributed by atoms with van der Waals surface area (Å²) < 4.78 is 1.79. The van der Waals surface area contributed by atoms with Gasteiger partial charge < -0.3 is 0 Å². The van der Waals surface area contributed by atoms with Gasteiger partial charge in [-0.25, -0.2) is 9.50 Å². The van der Waals surface area contributed by atoms with Crippen LogP contribution < -0.4 is 0 Å². The van der Waals surface area contributed by atoms with Crippen molar-refractivity contribution in [2.45, 2.75) is 6.92 Å². The summed E-state index contributed by atoms with van der Waals surface area (Å²) in [5, 5.41) is 4.50. The number of rotatable bonds is 3. The normalized spacial score (nSPS) is 10.9. The van der Waals surface area contributed by atoms with Crippen molar-refractivity contribution in [1.82, 2.24) is 19.6 Å². The molecular formula is C19H14N4O. The van der Waals surface area contributed by atoms with Crippen LogP contribution in [-0.4, -0.2) is 25.9 Å². The van der Waals surface area contributed by atoms with Crippen molar-refractivity contribution < 1.29 is 4.79 Å². The predicted octanol–water partition coefficient (Wildman–Crippen LogP) is 3.58. The largest absolute Gasteiger partial charge is 0.298 e. The number of hydrogen-bond donors (Lipinski definition) is 0. The van der Waals surface area contributed by atoms with Crippen molar-refractivity contribution in [3.63, 3.8) is 0 Å². The van der Waals surface area contributed by atoms with E-state index in [-0.39, 0.29) is 0 Å². The van der Waals surface area contributed by atoms with E-state index in [1.807, 2.05) is 43.3 Å². The van der Waals surface area contributed by atoms with Gasteiger partial charge in [-0.2, -0.15) is 5.10 Å². The molecule has 0 saturated carbocycles. The van der Waals surface area contributed by atoms with E-state index in [9.17, 15) is 4.79 Å². The summed E-state index contributed by atoms with van der Waals surface area (Å²) in [6, 6.07) is 13.3. The Morgan fingerprint density at radius 1 is 1.04 bits per heavy atom. The zero-order chi connectivity index (χ0) is 16.5. The second kappa shape index (κ2) is 5.70. The van der Waals surface area contributed by atoms with Gasteiger partial charge in [0.25, 0.3) is 0 Å². The highest BCUT2D eigenvalue weighted by atomic mass is 16.1. The molecule has 0 aliphatic heterocycles. The first kappa shape index (κ1) is 14.3. The van der Waals surface area contributed by atoms with E-state index < -0.39 is 0 Å². The van der Waals surface area contributed by atoms with Gasteiger partial charge in [0.15, 0.2) is 11.9 Å². The second-order valence-corrected chi connectivity index (χ2v) is 5.52. The Hall–Kier alpha value is -3.34. The smallest absolute Gasteiger partial charge is 0.163 e. The average molecular weight is 314 g/mol. The predicted molar refractivity (Wildman–Crippen MR) is 91.8 cm³/mol. The van der Waals surface area contributed by atoms with Crippen LogP contribution in [0.4, 0.5) is 0 Å². The van der Waals surface area contributed by atoms with E-state index >= 15 is 0 Å². The van der Waals surface area contributed by atoms with Crippen LogP contribution in [0.1, 0.15) is 16.1 Å². The molecule has 0 atom stereocenters. The first-order valence-electron chi connectivity index (χ1n) is 7.58. The van der Waals surface area contributed by atoms with Crippen molar-refractivity contribution in [2.75, 3.05) is 0 Å². The van der Waals surface area contributed by atoms with E-state index in [0.29, 0.717) is 5.56 Å². The first-order valence-corrected chi connectivity index (χ1v) is 7.58. The highest BCUT2D eigenvalue weighted by Gasteiger charge is 2.15. The zero-order valence-corrected chi connectivity index (χ0v) is 13.0. The molecule has 3 aromatic heterocycles. The third kappa shape index (κ3) is 2.27. The summed E-state index contributed by atoms with van der Waals surface area (Å²) in [5.74, 6) is 0. The molecule has 0 spiro atoms. The number of benzene rings is 1. The minimum absolute atomic E-state index is 0.624. The average Bonchev–Trinajstić information content (AvgIpc) is 3.05. The third-order valence-corrected chi connectivity index (χ3v) is 3.94. The van der Waals surface area contributed by atoms with Crippen LogP contribution in [0.5, 0.6) is 0 Å². The number of aromatic nitrogens is 4. The molecule has 4 rings (SSSR count). The number of hydrogen-bond acceptors (Lipinski definition) is 4. The molecule has 1 aromatic carbocycles. The van der Waals surface area contributed by atoms with Crippen molar-refractivity contribution in [3.8, 4) is 22.4 Å². The van der Waals surface area contributed by atoms with Gasteiger partial charge in [0.2, 0.25) is 0 Å². The van der Waals surface area contributed by atoms with Gasteiger partial charge >= 0.3 is 0 Å². The fourth-order valence-corrected chi connectivity index (χ4v) is 2.84. The monoisotopic (exact) mass is 314 g/mol. The molecule has 0 unspecified atom stereocenters. The lowest BCUT2D eigenvalue weighted by molar-refractivity contribution is 0.112. The van der Waals surface area contributed by atoms with Crippen molar-refractivity contribution in [1.29, 1.82) is 0 Å². The van der Waals surface area contributed by atoms with Gasteiger partial charge in [-0.3, -0.25) is 9.78 Å². The SMILES string of the molecule is Cc1cc(-c2cccnc2)n2ncc(-c3ccccc3C=O)c2n1. The van der Waals surface area contributed by atoms with Crippen LogP contribution >= 0.6 is 0 Å². The maximum atomic E-state index is 11.4. The number of aryl methyl sites for hydroxylation is 1. The van der Waals surface area contributed by atoms with Gasteiger partial charge in [0.05, 0.1) is 11.9 Å². The standard InChI is InChI=1S/C19H14N4O/c1-13-9-18(14-6-4-8-20-10-14)23-19(22-13)17(11-21-23)16-7-3-2-5-15(16)12-24/h2-12H,1H3. The van der Waals surface area contributed by atoms with E-state index in [0.717, 1.165) is 40.0 Å². The number of nitrogens with zero attached hydrogens (tertiary/aromatic N) is 4. The summed E-state index contributed by atoms with van der Waals surface area (Å²) >= 11 is 0. The van der Waals surface area contributed by atoms with Gasteiger partial charge in [-0.15, -0.1) is 0 Å². The number of carbonyl (C=O) groups is 1. The molecule has 5 nitrogen and oxygen atoms in total. The second-order valence-electron chi connectivity index (χ2n) is 5.52. The van der Waals surface area contributed by atoms with Crippen molar-refractivity contribution >= 4 is 11.9 Å². The lowest BCUT2D eigenvalue weighted by Gasteiger charge is -2.07. The molecule has 0 amide bonds. The molecular weight excluding hydrogens is 300 g/mol. The van der Waals surface area contributed by atoms with Crippen molar-refractivity contribution in [3.05, 3.63) is 72.3 Å². The maximum absolute atomic E-state index is 11.4. The van der Waals surface area contributed by atoms with Crippen LogP contribution in [0.15, 0.2) is 61.1 Å². The molecule has 0 fully saturated rings. The maximum Gasteiger partial charge on any atom is 0.163 e. The minimum atomic E-state index is 0.624. The molecule has 0 N–H and O–H groups in total. The van der Waals surface area contributed by atoms with Gasteiger partial charge in [0.1, 0.15) is 0 Å². The molecule has 4 aromatic rings. The molecule has 5 heteroatoms. The molecule has 3 heterocycles. The summed E-state index contributed by atoms with van der Waals surface area (Å²) in [4.78, 5) is 20.2. The van der Waals surface area contributed by atoms with E-state index in [2.05, 4.69) is 15.1 Å². The van der Waals surface area contributed by atoms with E-state index in [1.165, 1.54) is 0 Å². The molecule has 116 valence electrons. The van der Waals surface area contributed by atoms with Crippen LogP contribution in [0, 0.1) is 6.92 Å². The van der Waals surface area contributed by atoms with Crippen LogP contribution in [-0.2, 0) is 0 Å². The minimum Gasteiger partial charge on any atom is -0.298 e. The molecule has 0 bridgehead atoms. The first-order chi connectivity index (χ1) is 11.8. The summed E-state index contributed by atoms with van der Waals surface area (Å²) in [6.07, 6.45) is 6.15. The Labute approximate surface area is 138 Å². The fourth-order valence-electron chi connectivity index (χ4n) is 2.84. The number of aldehydes is 1. The highest BCUT2D eigenvalue weighted by molar-refractivity contribution is 5.91.